The lowest BCUT2D eigenvalue weighted by molar-refractivity contribution is -0.125. The topological polar surface area (TPSA) is 99.7 Å². The van der Waals surface area contributed by atoms with Gasteiger partial charge < -0.3 is 10.6 Å². The number of fused-ring (bicyclic) bond motifs is 2. The second-order valence-corrected chi connectivity index (χ2v) is 8.97. The van der Waals surface area contributed by atoms with Crippen LogP contribution in [0.15, 0.2) is 22.6 Å². The average Bonchev–Trinajstić information content (AvgIpc) is 3.29. The van der Waals surface area contributed by atoms with Crippen LogP contribution in [0.3, 0.4) is 0 Å². The molecule has 1 aromatic rings. The van der Waals surface area contributed by atoms with Crippen molar-refractivity contribution in [3.63, 3.8) is 0 Å². The molecule has 0 spiro atoms. The van der Waals surface area contributed by atoms with Gasteiger partial charge in [-0.2, -0.15) is 5.10 Å². The minimum absolute atomic E-state index is 0.0280. The lowest BCUT2D eigenvalue weighted by Gasteiger charge is -2.34. The summed E-state index contributed by atoms with van der Waals surface area (Å²) in [6, 6.07) is 3.45. The summed E-state index contributed by atoms with van der Waals surface area (Å²) >= 11 is 1.30. The molecule has 3 amide bonds. The number of hydrazone groups is 1. The van der Waals surface area contributed by atoms with Gasteiger partial charge in [0.25, 0.3) is 11.8 Å². The van der Waals surface area contributed by atoms with Gasteiger partial charge in [0, 0.05) is 11.1 Å². The first-order valence-electron chi connectivity index (χ1n) is 9.18. The van der Waals surface area contributed by atoms with Crippen molar-refractivity contribution in [1.29, 1.82) is 0 Å². The predicted molar refractivity (Wildman–Crippen MR) is 104 cm³/mol. The Morgan fingerprint density at radius 3 is 2.52 bits per heavy atom. The van der Waals surface area contributed by atoms with E-state index < -0.39 is 5.91 Å². The number of nitrogens with one attached hydrogen (secondary N) is 3. The van der Waals surface area contributed by atoms with Crippen LogP contribution >= 0.6 is 11.3 Å². The summed E-state index contributed by atoms with van der Waals surface area (Å²) in [5, 5.41) is 11.2. The third-order valence-corrected chi connectivity index (χ3v) is 7.30. The first kappa shape index (κ1) is 19.5. The molecule has 7 nitrogen and oxygen atoms in total. The van der Waals surface area contributed by atoms with Crippen LogP contribution in [-0.2, 0) is 9.59 Å². The van der Waals surface area contributed by atoms with Crippen LogP contribution in [0.2, 0.25) is 0 Å². The van der Waals surface area contributed by atoms with Gasteiger partial charge in [0.1, 0.15) is 0 Å². The summed E-state index contributed by atoms with van der Waals surface area (Å²) in [5.74, 6) is -0.478. The first-order chi connectivity index (χ1) is 12.7. The molecule has 0 radical (unpaired) electrons. The summed E-state index contributed by atoms with van der Waals surface area (Å²) in [6.45, 7) is 6.43. The quantitative estimate of drug-likeness (QED) is 0.647. The molecule has 3 N–H and O–H groups in total. The standard InChI is InChI=1S/C19H26N4O3S/c1-18(2)12-6-7-19(18,3)14(9-12)22-23-16(25)11-20-15(24)10-21-17(26)13-5-4-8-27-13/h4-5,8,12H,6-7,9-11H2,1-3H3,(H,20,24)(H,21,26)(H,23,25)/b22-14+/t12-,19+/m1/s1. The Labute approximate surface area is 163 Å². The number of thiophene rings is 1. The van der Waals surface area contributed by atoms with E-state index in [0.29, 0.717) is 10.8 Å². The first-order valence-corrected chi connectivity index (χ1v) is 10.1. The van der Waals surface area contributed by atoms with E-state index in [2.05, 4.69) is 41.9 Å². The van der Waals surface area contributed by atoms with E-state index in [1.807, 2.05) is 0 Å². The van der Waals surface area contributed by atoms with E-state index >= 15 is 0 Å². The second kappa shape index (κ2) is 7.42. The van der Waals surface area contributed by atoms with Gasteiger partial charge in [-0.3, -0.25) is 14.4 Å². The molecule has 1 aromatic heterocycles. The minimum Gasteiger partial charge on any atom is -0.345 e. The molecular formula is C19H26N4O3S. The van der Waals surface area contributed by atoms with Crippen molar-refractivity contribution in [1.82, 2.24) is 16.1 Å². The van der Waals surface area contributed by atoms with Gasteiger partial charge in [0.15, 0.2) is 0 Å². The largest absolute Gasteiger partial charge is 0.345 e. The molecule has 2 fully saturated rings. The number of carbonyl (C=O) groups excluding carboxylic acids is 3. The van der Waals surface area contributed by atoms with Gasteiger partial charge in [-0.1, -0.05) is 26.8 Å². The summed E-state index contributed by atoms with van der Waals surface area (Å²) in [6.07, 6.45) is 3.23. The molecule has 8 heteroatoms. The Morgan fingerprint density at radius 2 is 1.93 bits per heavy atom. The fourth-order valence-corrected chi connectivity index (χ4v) is 4.80. The van der Waals surface area contributed by atoms with Gasteiger partial charge in [-0.25, -0.2) is 5.43 Å². The molecule has 2 aliphatic carbocycles. The molecule has 2 atom stereocenters. The highest BCUT2D eigenvalue weighted by Crippen LogP contribution is 2.63. The van der Waals surface area contributed by atoms with E-state index in [9.17, 15) is 14.4 Å². The number of rotatable bonds is 6. The van der Waals surface area contributed by atoms with Crippen molar-refractivity contribution in [3.05, 3.63) is 22.4 Å². The van der Waals surface area contributed by atoms with E-state index in [0.717, 1.165) is 18.6 Å². The van der Waals surface area contributed by atoms with Gasteiger partial charge in [-0.05, 0) is 42.0 Å². The molecular weight excluding hydrogens is 364 g/mol. The molecule has 0 aliphatic heterocycles. The average molecular weight is 391 g/mol. The molecule has 1 heterocycles. The predicted octanol–water partition coefficient (Wildman–Crippen LogP) is 1.91. The van der Waals surface area contributed by atoms with Crippen LogP contribution in [0, 0.1) is 16.7 Å². The molecule has 27 heavy (non-hydrogen) atoms. The van der Waals surface area contributed by atoms with Crippen LogP contribution in [0.4, 0.5) is 0 Å². The third kappa shape index (κ3) is 3.76. The molecule has 0 saturated heterocycles. The normalized spacial score (nSPS) is 26.8. The minimum atomic E-state index is -0.421. The molecule has 2 saturated carbocycles. The van der Waals surface area contributed by atoms with Crippen molar-refractivity contribution in [2.45, 2.75) is 40.0 Å². The van der Waals surface area contributed by atoms with Crippen molar-refractivity contribution in [2.24, 2.45) is 21.8 Å². The smallest absolute Gasteiger partial charge is 0.261 e. The zero-order valence-corrected chi connectivity index (χ0v) is 16.7. The number of hydrogen-bond acceptors (Lipinski definition) is 5. The van der Waals surface area contributed by atoms with Crippen LogP contribution in [-0.4, -0.2) is 36.5 Å². The Balaban J connectivity index is 1.41. The molecule has 0 aromatic carbocycles. The van der Waals surface area contributed by atoms with E-state index in [1.165, 1.54) is 17.8 Å². The lowest BCUT2D eigenvalue weighted by atomic mass is 9.70. The monoisotopic (exact) mass is 390 g/mol. The highest BCUT2D eigenvalue weighted by molar-refractivity contribution is 7.12. The van der Waals surface area contributed by atoms with E-state index in [-0.39, 0.29) is 35.7 Å². The molecule has 2 aliphatic rings. The number of amides is 3. The third-order valence-electron chi connectivity index (χ3n) is 6.43. The summed E-state index contributed by atoms with van der Waals surface area (Å²) < 4.78 is 0. The van der Waals surface area contributed by atoms with Crippen molar-refractivity contribution in [3.8, 4) is 0 Å². The van der Waals surface area contributed by atoms with Gasteiger partial charge in [-0.15, -0.1) is 11.3 Å². The Kier molecular flexibility index (Phi) is 5.37. The molecule has 0 unspecified atom stereocenters. The lowest BCUT2D eigenvalue weighted by Crippen LogP contribution is -2.41. The van der Waals surface area contributed by atoms with Gasteiger partial charge >= 0.3 is 0 Å². The number of nitrogens with zero attached hydrogens (tertiary/aromatic N) is 1. The summed E-state index contributed by atoms with van der Waals surface area (Å²) in [5.41, 5.74) is 3.84. The van der Waals surface area contributed by atoms with Gasteiger partial charge in [0.2, 0.25) is 5.91 Å². The summed E-state index contributed by atoms with van der Waals surface area (Å²) in [7, 11) is 0. The van der Waals surface area contributed by atoms with Crippen LogP contribution in [0.25, 0.3) is 0 Å². The zero-order chi connectivity index (χ0) is 19.7. The SMILES string of the molecule is CC1(C)[C@@H]2CC[C@@]1(C)/C(=N/NC(=O)CNC(=O)CNC(=O)c1cccs1)C2. The van der Waals surface area contributed by atoms with Gasteiger partial charge in [0.05, 0.1) is 18.0 Å². The molecule has 146 valence electrons. The second-order valence-electron chi connectivity index (χ2n) is 8.02. The molecule has 2 bridgehead atoms. The Hall–Kier alpha value is -2.22. The van der Waals surface area contributed by atoms with E-state index in [1.54, 1.807) is 17.5 Å². The van der Waals surface area contributed by atoms with Crippen molar-refractivity contribution in [2.75, 3.05) is 13.1 Å². The maximum absolute atomic E-state index is 12.0. The fraction of sp³-hybridized carbons (Fsp3) is 0.579. The number of carbonyl (C=O) groups is 3. The summed E-state index contributed by atoms with van der Waals surface area (Å²) in [4.78, 5) is 36.1. The number of hydrogen-bond donors (Lipinski definition) is 3. The Morgan fingerprint density at radius 1 is 1.19 bits per heavy atom. The van der Waals surface area contributed by atoms with Crippen molar-refractivity contribution >= 4 is 34.8 Å². The van der Waals surface area contributed by atoms with Crippen LogP contribution < -0.4 is 16.1 Å². The Bertz CT molecular complexity index is 772. The van der Waals surface area contributed by atoms with E-state index in [4.69, 9.17) is 0 Å². The van der Waals surface area contributed by atoms with Crippen molar-refractivity contribution < 1.29 is 14.4 Å². The van der Waals surface area contributed by atoms with Crippen LogP contribution in [0.5, 0.6) is 0 Å². The molecule has 3 rings (SSSR count). The zero-order valence-electron chi connectivity index (χ0n) is 15.9. The fourth-order valence-electron chi connectivity index (χ4n) is 4.16. The maximum Gasteiger partial charge on any atom is 0.261 e. The van der Waals surface area contributed by atoms with Crippen LogP contribution in [0.1, 0.15) is 49.7 Å². The highest BCUT2D eigenvalue weighted by Gasteiger charge is 2.59. The maximum atomic E-state index is 12.0. The highest BCUT2D eigenvalue weighted by atomic mass is 32.1.